The van der Waals surface area contributed by atoms with Gasteiger partial charge in [0.15, 0.2) is 23.3 Å². The molecule has 1 aromatic carbocycles. The third kappa shape index (κ3) is 2.50. The highest BCUT2D eigenvalue weighted by Gasteiger charge is 2.35. The van der Waals surface area contributed by atoms with Gasteiger partial charge in [0.05, 0.1) is 10.9 Å². The van der Waals surface area contributed by atoms with Crippen molar-refractivity contribution in [3.8, 4) is 0 Å². The average Bonchev–Trinajstić information content (AvgIpc) is 2.21. The lowest BCUT2D eigenvalue weighted by Crippen LogP contribution is -2.26. The summed E-state index contributed by atoms with van der Waals surface area (Å²) in [6, 6.07) is 0. The van der Waals surface area contributed by atoms with Crippen molar-refractivity contribution in [3.05, 3.63) is 33.3 Å². The zero-order valence-corrected chi connectivity index (χ0v) is 11.0. The van der Waals surface area contributed by atoms with E-state index in [1.165, 1.54) is 13.8 Å². The van der Waals surface area contributed by atoms with Crippen molar-refractivity contribution in [2.24, 2.45) is 0 Å². The monoisotopic (exact) mass is 328 g/mol. The fraction of sp³-hybridized carbons (Fsp3) is 0.364. The summed E-state index contributed by atoms with van der Waals surface area (Å²) >= 11 is 2.39. The molecule has 1 N–H and O–H groups in total. The van der Waals surface area contributed by atoms with Crippen LogP contribution in [0.1, 0.15) is 25.8 Å². The van der Waals surface area contributed by atoms with Crippen molar-refractivity contribution in [1.29, 1.82) is 0 Å². The van der Waals surface area contributed by atoms with E-state index in [4.69, 9.17) is 5.11 Å². The molecule has 0 amide bonds. The minimum absolute atomic E-state index is 0.665. The summed E-state index contributed by atoms with van der Waals surface area (Å²) in [4.78, 5) is 10.6. The van der Waals surface area contributed by atoms with E-state index in [1.807, 2.05) is 0 Å². The molecule has 0 aliphatic heterocycles. The van der Waals surface area contributed by atoms with Gasteiger partial charge in [-0.25, -0.2) is 17.6 Å². The van der Waals surface area contributed by atoms with Gasteiger partial charge in [-0.1, -0.05) is 13.8 Å². The molecule has 0 bridgehead atoms. The van der Waals surface area contributed by atoms with Gasteiger partial charge in [-0.05, 0) is 15.9 Å². The maximum atomic E-state index is 13.6. The summed E-state index contributed by atoms with van der Waals surface area (Å²) < 4.78 is 53.0. The number of halogens is 5. The minimum atomic E-state index is -1.59. The number of carboxylic acids is 1. The van der Waals surface area contributed by atoms with Crippen LogP contribution < -0.4 is 0 Å². The van der Waals surface area contributed by atoms with E-state index in [1.54, 1.807) is 0 Å². The molecule has 0 aromatic heterocycles. The summed E-state index contributed by atoms with van der Waals surface area (Å²) in [6.45, 7) is 2.38. The summed E-state index contributed by atoms with van der Waals surface area (Å²) in [5.41, 5.74) is -2.49. The number of aliphatic carboxylic acids is 1. The summed E-state index contributed by atoms with van der Waals surface area (Å²) in [5.74, 6) is -7.67. The molecule has 1 aromatic rings. The highest BCUT2D eigenvalue weighted by molar-refractivity contribution is 9.10. The quantitative estimate of drug-likeness (QED) is 0.521. The van der Waals surface area contributed by atoms with E-state index in [9.17, 15) is 22.4 Å². The van der Waals surface area contributed by atoms with E-state index in [0.717, 1.165) is 0 Å². The van der Waals surface area contributed by atoms with Crippen molar-refractivity contribution in [2.75, 3.05) is 0 Å². The second-order valence-electron chi connectivity index (χ2n) is 4.40. The number of carboxylic acid groups (broad SMARTS) is 1. The molecule has 0 aliphatic carbocycles. The normalized spacial score (nSPS) is 11.7. The third-order valence-electron chi connectivity index (χ3n) is 2.48. The molecular formula is C11H9BrF4O2. The third-order valence-corrected chi connectivity index (χ3v) is 3.18. The number of hydrogen-bond donors (Lipinski definition) is 1. The van der Waals surface area contributed by atoms with E-state index >= 15 is 0 Å². The van der Waals surface area contributed by atoms with Gasteiger partial charge in [0, 0.05) is 11.0 Å². The van der Waals surface area contributed by atoms with Gasteiger partial charge in [0.25, 0.3) is 0 Å². The first-order valence-corrected chi connectivity index (χ1v) is 5.62. The first-order valence-electron chi connectivity index (χ1n) is 4.83. The van der Waals surface area contributed by atoms with Gasteiger partial charge in [-0.2, -0.15) is 0 Å². The van der Waals surface area contributed by atoms with Gasteiger partial charge >= 0.3 is 5.97 Å². The van der Waals surface area contributed by atoms with Crippen LogP contribution in [-0.2, 0) is 10.2 Å². The number of carbonyl (C=O) groups is 1. The van der Waals surface area contributed by atoms with Crippen LogP contribution in [0.5, 0.6) is 0 Å². The van der Waals surface area contributed by atoms with Gasteiger partial charge in [0.2, 0.25) is 0 Å². The first-order chi connectivity index (χ1) is 8.09. The molecule has 0 fully saturated rings. The molecule has 2 nitrogen and oxygen atoms in total. The predicted molar refractivity (Wildman–Crippen MR) is 59.3 cm³/mol. The summed E-state index contributed by atoms with van der Waals surface area (Å²) in [5, 5.41) is 8.64. The Kier molecular flexibility index (Phi) is 4.05. The van der Waals surface area contributed by atoms with Gasteiger partial charge in [0.1, 0.15) is 0 Å². The summed E-state index contributed by atoms with van der Waals surface area (Å²) in [6.07, 6.45) is -0.665. The number of benzene rings is 1. The second kappa shape index (κ2) is 4.87. The van der Waals surface area contributed by atoms with Crippen LogP contribution in [0.4, 0.5) is 17.6 Å². The molecule has 0 aliphatic rings. The van der Waals surface area contributed by atoms with Gasteiger partial charge in [-0.15, -0.1) is 0 Å². The minimum Gasteiger partial charge on any atom is -0.481 e. The molecule has 7 heteroatoms. The second-order valence-corrected chi connectivity index (χ2v) is 5.19. The smallest absolute Gasteiger partial charge is 0.304 e. The van der Waals surface area contributed by atoms with Crippen LogP contribution in [0.25, 0.3) is 0 Å². The van der Waals surface area contributed by atoms with Crippen molar-refractivity contribution < 1.29 is 27.5 Å². The van der Waals surface area contributed by atoms with Crippen molar-refractivity contribution in [2.45, 2.75) is 25.7 Å². The molecule has 0 saturated carbocycles. The zero-order chi connectivity index (χ0) is 14.2. The Labute approximate surface area is 109 Å². The molecule has 1 rings (SSSR count). The lowest BCUT2D eigenvalue weighted by Gasteiger charge is -2.24. The Bertz CT molecular complexity index is 485. The predicted octanol–water partition coefficient (Wildman–Crippen LogP) is 3.76. The van der Waals surface area contributed by atoms with E-state index in [-0.39, 0.29) is 0 Å². The van der Waals surface area contributed by atoms with Crippen LogP contribution >= 0.6 is 15.9 Å². The van der Waals surface area contributed by atoms with Gasteiger partial charge in [-0.3, -0.25) is 4.79 Å². The first kappa shape index (κ1) is 14.9. The van der Waals surface area contributed by atoms with Crippen LogP contribution in [0.3, 0.4) is 0 Å². The number of rotatable bonds is 3. The average molecular weight is 329 g/mol. The molecule has 0 atom stereocenters. The van der Waals surface area contributed by atoms with Gasteiger partial charge < -0.3 is 5.11 Å². The Morgan fingerprint density at radius 1 is 1.11 bits per heavy atom. The molecule has 0 saturated heterocycles. The van der Waals surface area contributed by atoms with E-state index < -0.39 is 51.1 Å². The lowest BCUT2D eigenvalue weighted by atomic mass is 9.80. The molecule has 0 heterocycles. The maximum absolute atomic E-state index is 13.6. The highest BCUT2D eigenvalue weighted by Crippen LogP contribution is 2.36. The molecule has 0 radical (unpaired) electrons. The standard InChI is InChI=1S/C11H9BrF4O2/c1-11(2,3-4(17)18)5-7(13)9(15)6(12)10(16)8(5)14/h3H2,1-2H3,(H,17,18). The zero-order valence-electron chi connectivity index (χ0n) is 9.45. The molecule has 0 unspecified atom stereocenters. The molecule has 18 heavy (non-hydrogen) atoms. The Balaban J connectivity index is 3.55. The van der Waals surface area contributed by atoms with Crippen LogP contribution in [0, 0.1) is 23.3 Å². The highest BCUT2D eigenvalue weighted by atomic mass is 79.9. The van der Waals surface area contributed by atoms with Crippen LogP contribution in [0.2, 0.25) is 0 Å². The SMILES string of the molecule is CC(C)(CC(=O)O)c1c(F)c(F)c(Br)c(F)c1F. The Hall–Kier alpha value is -1.11. The maximum Gasteiger partial charge on any atom is 0.304 e. The van der Waals surface area contributed by atoms with E-state index in [2.05, 4.69) is 15.9 Å². The van der Waals surface area contributed by atoms with E-state index in [0.29, 0.717) is 0 Å². The van der Waals surface area contributed by atoms with Crippen LogP contribution in [-0.4, -0.2) is 11.1 Å². The van der Waals surface area contributed by atoms with Crippen LogP contribution in [0.15, 0.2) is 4.47 Å². The molecular weight excluding hydrogens is 320 g/mol. The molecule has 0 spiro atoms. The molecule has 100 valence electrons. The Morgan fingerprint density at radius 2 is 1.50 bits per heavy atom. The summed E-state index contributed by atoms with van der Waals surface area (Å²) in [7, 11) is 0. The van der Waals surface area contributed by atoms with Crippen molar-refractivity contribution >= 4 is 21.9 Å². The fourth-order valence-electron chi connectivity index (χ4n) is 1.67. The largest absolute Gasteiger partial charge is 0.481 e. The van der Waals surface area contributed by atoms with Crippen molar-refractivity contribution in [3.63, 3.8) is 0 Å². The number of hydrogen-bond acceptors (Lipinski definition) is 1. The van der Waals surface area contributed by atoms with Crippen molar-refractivity contribution in [1.82, 2.24) is 0 Å². The topological polar surface area (TPSA) is 37.3 Å². The lowest BCUT2D eigenvalue weighted by molar-refractivity contribution is -0.138. The Morgan fingerprint density at radius 3 is 1.83 bits per heavy atom. The fourth-order valence-corrected chi connectivity index (χ4v) is 2.01.